The molecule has 0 aromatic heterocycles. The van der Waals surface area contributed by atoms with Gasteiger partial charge >= 0.3 is 5.97 Å². The first-order chi connectivity index (χ1) is 6.97. The largest absolute Gasteiger partial charge is 0.465 e. The SMILES string of the molecule is C=CC(=C)C(CC)(C(C)=O)C(=O)OCC. The Kier molecular flexibility index (Phi) is 4.98. The van der Waals surface area contributed by atoms with E-state index in [0.29, 0.717) is 12.0 Å². The third-order valence-corrected chi connectivity index (χ3v) is 2.55. The van der Waals surface area contributed by atoms with Crippen molar-refractivity contribution in [3.63, 3.8) is 0 Å². The molecular weight excluding hydrogens is 192 g/mol. The normalized spacial score (nSPS) is 13.8. The van der Waals surface area contributed by atoms with Gasteiger partial charge in [-0.2, -0.15) is 0 Å². The first-order valence-electron chi connectivity index (χ1n) is 4.97. The molecule has 0 aromatic carbocycles. The standard InChI is InChI=1S/C12H18O3/c1-6-9(4)12(7-2,10(5)13)11(14)15-8-3/h6H,1,4,7-8H2,2-3,5H3. The predicted molar refractivity (Wildman–Crippen MR) is 59.4 cm³/mol. The molecule has 0 spiro atoms. The molecule has 0 fully saturated rings. The van der Waals surface area contributed by atoms with E-state index in [2.05, 4.69) is 13.2 Å². The molecule has 15 heavy (non-hydrogen) atoms. The highest BCUT2D eigenvalue weighted by atomic mass is 16.5. The molecule has 0 N–H and O–H groups in total. The van der Waals surface area contributed by atoms with Gasteiger partial charge < -0.3 is 4.74 Å². The van der Waals surface area contributed by atoms with Gasteiger partial charge in [0.05, 0.1) is 6.61 Å². The van der Waals surface area contributed by atoms with E-state index < -0.39 is 11.4 Å². The summed E-state index contributed by atoms with van der Waals surface area (Å²) in [6, 6.07) is 0. The summed E-state index contributed by atoms with van der Waals surface area (Å²) in [6.45, 7) is 12.3. The van der Waals surface area contributed by atoms with E-state index in [4.69, 9.17) is 4.74 Å². The maximum Gasteiger partial charge on any atom is 0.324 e. The second-order valence-corrected chi connectivity index (χ2v) is 3.26. The highest BCUT2D eigenvalue weighted by Crippen LogP contribution is 2.33. The maximum atomic E-state index is 11.8. The van der Waals surface area contributed by atoms with E-state index in [1.54, 1.807) is 13.8 Å². The molecule has 0 aliphatic carbocycles. The lowest BCUT2D eigenvalue weighted by atomic mass is 9.75. The minimum atomic E-state index is -1.25. The van der Waals surface area contributed by atoms with Gasteiger partial charge in [-0.25, -0.2) is 0 Å². The van der Waals surface area contributed by atoms with Crippen LogP contribution in [0.15, 0.2) is 24.8 Å². The summed E-state index contributed by atoms with van der Waals surface area (Å²) >= 11 is 0. The van der Waals surface area contributed by atoms with Gasteiger partial charge in [-0.3, -0.25) is 9.59 Å². The third kappa shape index (κ3) is 2.35. The molecule has 0 aliphatic heterocycles. The van der Waals surface area contributed by atoms with Gasteiger partial charge in [0, 0.05) is 0 Å². The topological polar surface area (TPSA) is 43.4 Å². The number of rotatable bonds is 6. The second-order valence-electron chi connectivity index (χ2n) is 3.26. The Balaban J connectivity index is 5.34. The Morgan fingerprint density at radius 1 is 1.40 bits per heavy atom. The van der Waals surface area contributed by atoms with E-state index in [0.717, 1.165) is 0 Å². The Morgan fingerprint density at radius 3 is 2.20 bits per heavy atom. The van der Waals surface area contributed by atoms with Gasteiger partial charge in [0.25, 0.3) is 0 Å². The molecule has 0 amide bonds. The number of carbonyl (C=O) groups is 2. The van der Waals surface area contributed by atoms with Crippen LogP contribution in [0.1, 0.15) is 27.2 Å². The Morgan fingerprint density at radius 2 is 1.93 bits per heavy atom. The van der Waals surface area contributed by atoms with E-state index in [1.165, 1.54) is 13.0 Å². The third-order valence-electron chi connectivity index (χ3n) is 2.55. The summed E-state index contributed by atoms with van der Waals surface area (Å²) in [5.74, 6) is -0.793. The number of hydrogen-bond donors (Lipinski definition) is 0. The van der Waals surface area contributed by atoms with Crippen molar-refractivity contribution >= 4 is 11.8 Å². The number of esters is 1. The smallest absolute Gasteiger partial charge is 0.324 e. The van der Waals surface area contributed by atoms with Crippen molar-refractivity contribution < 1.29 is 14.3 Å². The van der Waals surface area contributed by atoms with Gasteiger partial charge in [0.1, 0.15) is 5.41 Å². The van der Waals surface area contributed by atoms with E-state index in [1.807, 2.05) is 0 Å². The number of hydrogen-bond acceptors (Lipinski definition) is 3. The van der Waals surface area contributed by atoms with Gasteiger partial charge in [0.15, 0.2) is 5.78 Å². The van der Waals surface area contributed by atoms with Crippen LogP contribution in [-0.2, 0) is 14.3 Å². The van der Waals surface area contributed by atoms with Gasteiger partial charge in [-0.15, -0.1) is 0 Å². The fourth-order valence-electron chi connectivity index (χ4n) is 1.55. The monoisotopic (exact) mass is 210 g/mol. The Bertz CT molecular complexity index is 291. The molecule has 3 heteroatoms. The number of Topliss-reactive ketones (excluding diaryl/α,β-unsaturated/α-hetero) is 1. The summed E-state index contributed by atoms with van der Waals surface area (Å²) in [6.07, 6.45) is 1.77. The number of allylic oxidation sites excluding steroid dienone is 1. The summed E-state index contributed by atoms with van der Waals surface area (Å²) in [5.41, 5.74) is -0.853. The molecule has 1 unspecified atom stereocenters. The molecule has 0 saturated carbocycles. The quantitative estimate of drug-likeness (QED) is 0.384. The molecule has 0 bridgehead atoms. The lowest BCUT2D eigenvalue weighted by Gasteiger charge is -2.28. The lowest BCUT2D eigenvalue weighted by Crippen LogP contribution is -2.40. The minimum absolute atomic E-state index is 0.248. The Labute approximate surface area is 90.8 Å². The first-order valence-corrected chi connectivity index (χ1v) is 4.97. The molecule has 0 aliphatic rings. The minimum Gasteiger partial charge on any atom is -0.465 e. The van der Waals surface area contributed by atoms with Crippen LogP contribution in [0.3, 0.4) is 0 Å². The van der Waals surface area contributed by atoms with Crippen LogP contribution in [0.2, 0.25) is 0 Å². The molecule has 0 aromatic rings. The number of ketones is 1. The Hall–Kier alpha value is -1.38. The molecule has 0 heterocycles. The fourth-order valence-corrected chi connectivity index (χ4v) is 1.55. The highest BCUT2D eigenvalue weighted by Gasteiger charge is 2.44. The molecule has 3 nitrogen and oxygen atoms in total. The average molecular weight is 210 g/mol. The van der Waals surface area contributed by atoms with E-state index in [-0.39, 0.29) is 12.4 Å². The van der Waals surface area contributed by atoms with Crippen LogP contribution in [0, 0.1) is 5.41 Å². The van der Waals surface area contributed by atoms with Crippen molar-refractivity contribution in [3.05, 3.63) is 24.8 Å². The summed E-state index contributed by atoms with van der Waals surface area (Å²) in [5, 5.41) is 0. The average Bonchev–Trinajstić information content (AvgIpc) is 2.19. The van der Waals surface area contributed by atoms with E-state index >= 15 is 0 Å². The number of ether oxygens (including phenoxy) is 1. The summed E-state index contributed by atoms with van der Waals surface area (Å²) in [7, 11) is 0. The maximum absolute atomic E-state index is 11.8. The fraction of sp³-hybridized carbons (Fsp3) is 0.500. The molecule has 0 radical (unpaired) electrons. The van der Waals surface area contributed by atoms with Crippen LogP contribution in [0.4, 0.5) is 0 Å². The molecule has 0 saturated heterocycles. The van der Waals surface area contributed by atoms with Crippen LogP contribution in [0.5, 0.6) is 0 Å². The second kappa shape index (κ2) is 5.49. The first kappa shape index (κ1) is 13.6. The van der Waals surface area contributed by atoms with Crippen molar-refractivity contribution in [1.82, 2.24) is 0 Å². The molecule has 0 rings (SSSR count). The van der Waals surface area contributed by atoms with Crippen LogP contribution in [-0.4, -0.2) is 18.4 Å². The van der Waals surface area contributed by atoms with Crippen molar-refractivity contribution in [2.45, 2.75) is 27.2 Å². The van der Waals surface area contributed by atoms with Crippen LogP contribution < -0.4 is 0 Å². The van der Waals surface area contributed by atoms with Gasteiger partial charge in [-0.1, -0.05) is 26.2 Å². The van der Waals surface area contributed by atoms with Crippen LogP contribution >= 0.6 is 0 Å². The van der Waals surface area contributed by atoms with Gasteiger partial charge in [0.2, 0.25) is 0 Å². The van der Waals surface area contributed by atoms with Crippen molar-refractivity contribution in [2.75, 3.05) is 6.61 Å². The van der Waals surface area contributed by atoms with Crippen molar-refractivity contribution in [1.29, 1.82) is 0 Å². The zero-order valence-corrected chi connectivity index (χ0v) is 9.63. The molecular formula is C12H18O3. The predicted octanol–water partition coefficient (Wildman–Crippen LogP) is 2.28. The summed E-state index contributed by atoms with van der Waals surface area (Å²) in [4.78, 5) is 23.4. The van der Waals surface area contributed by atoms with Crippen LogP contribution in [0.25, 0.3) is 0 Å². The summed E-state index contributed by atoms with van der Waals surface area (Å²) < 4.78 is 4.91. The zero-order chi connectivity index (χ0) is 12.1. The van der Waals surface area contributed by atoms with Crippen molar-refractivity contribution in [3.8, 4) is 0 Å². The van der Waals surface area contributed by atoms with Crippen molar-refractivity contribution in [2.24, 2.45) is 5.41 Å². The molecule has 1 atom stereocenters. The zero-order valence-electron chi connectivity index (χ0n) is 9.63. The molecule has 84 valence electrons. The highest BCUT2D eigenvalue weighted by molar-refractivity contribution is 6.06. The van der Waals surface area contributed by atoms with Gasteiger partial charge in [-0.05, 0) is 25.8 Å². The number of carbonyl (C=O) groups excluding carboxylic acids is 2. The van der Waals surface area contributed by atoms with E-state index in [9.17, 15) is 9.59 Å². The lowest BCUT2D eigenvalue weighted by molar-refractivity contribution is -0.156.